The van der Waals surface area contributed by atoms with Gasteiger partial charge in [0.05, 0.1) is 19.2 Å². The van der Waals surface area contributed by atoms with Crippen molar-refractivity contribution in [2.24, 2.45) is 11.3 Å². The molecule has 1 aliphatic rings. The maximum atomic E-state index is 12.1. The van der Waals surface area contributed by atoms with Gasteiger partial charge in [0.25, 0.3) is 0 Å². The molecule has 1 heterocycles. The van der Waals surface area contributed by atoms with E-state index < -0.39 is 5.41 Å². The van der Waals surface area contributed by atoms with Crippen molar-refractivity contribution in [3.8, 4) is 0 Å². The first-order valence-corrected chi connectivity index (χ1v) is 6.96. The van der Waals surface area contributed by atoms with Gasteiger partial charge in [-0.1, -0.05) is 27.7 Å². The molecule has 5 nitrogen and oxygen atoms in total. The number of rotatable bonds is 3. The maximum absolute atomic E-state index is 12.1. The summed E-state index contributed by atoms with van der Waals surface area (Å²) in [4.78, 5) is 25.6. The average Bonchev–Trinajstić information content (AvgIpc) is 2.33. The third kappa shape index (κ3) is 4.20. The Labute approximate surface area is 115 Å². The molecule has 19 heavy (non-hydrogen) atoms. The van der Waals surface area contributed by atoms with Gasteiger partial charge in [-0.3, -0.25) is 9.59 Å². The molecule has 0 aliphatic carbocycles. The van der Waals surface area contributed by atoms with E-state index in [-0.39, 0.29) is 31.0 Å². The van der Waals surface area contributed by atoms with E-state index >= 15 is 0 Å². The summed E-state index contributed by atoms with van der Waals surface area (Å²) in [5, 5.41) is 12.1. The van der Waals surface area contributed by atoms with Crippen LogP contribution in [0.2, 0.25) is 0 Å². The Balaban J connectivity index is 2.55. The predicted octanol–water partition coefficient (Wildman–Crippen LogP) is 0.768. The van der Waals surface area contributed by atoms with Crippen LogP contribution in [0.15, 0.2) is 0 Å². The van der Waals surface area contributed by atoms with Crippen LogP contribution in [0.3, 0.4) is 0 Å². The fraction of sp³-hybridized carbons (Fsp3) is 0.857. The first-order chi connectivity index (χ1) is 8.77. The van der Waals surface area contributed by atoms with Crippen molar-refractivity contribution in [2.45, 2.75) is 46.6 Å². The molecule has 0 saturated carbocycles. The van der Waals surface area contributed by atoms with Crippen LogP contribution in [0.1, 0.15) is 40.5 Å². The highest BCUT2D eigenvalue weighted by atomic mass is 16.3. The summed E-state index contributed by atoms with van der Waals surface area (Å²) in [6, 6.07) is -0.118. The van der Waals surface area contributed by atoms with E-state index in [9.17, 15) is 14.7 Å². The maximum Gasteiger partial charge on any atom is 0.242 e. The lowest BCUT2D eigenvalue weighted by Crippen LogP contribution is -2.53. The number of likely N-dealkylation sites (tertiary alicyclic amines) is 1. The number of amides is 2. The number of aliphatic hydroxyl groups is 1. The molecule has 110 valence electrons. The molecule has 0 aromatic rings. The van der Waals surface area contributed by atoms with Crippen molar-refractivity contribution in [3.63, 3.8) is 0 Å². The Morgan fingerprint density at radius 2 is 2.00 bits per heavy atom. The van der Waals surface area contributed by atoms with Gasteiger partial charge in [-0.25, -0.2) is 0 Å². The van der Waals surface area contributed by atoms with Crippen LogP contribution in [0.5, 0.6) is 0 Å². The van der Waals surface area contributed by atoms with Crippen molar-refractivity contribution in [2.75, 3.05) is 19.7 Å². The molecule has 2 unspecified atom stereocenters. The Kier molecular flexibility index (Phi) is 5.35. The summed E-state index contributed by atoms with van der Waals surface area (Å²) >= 11 is 0. The minimum Gasteiger partial charge on any atom is -0.394 e. The van der Waals surface area contributed by atoms with Crippen molar-refractivity contribution >= 4 is 11.8 Å². The molecular weight excluding hydrogens is 244 g/mol. The fourth-order valence-corrected chi connectivity index (χ4v) is 2.36. The number of hydrogen-bond donors (Lipinski definition) is 2. The number of hydrogen-bond acceptors (Lipinski definition) is 3. The molecule has 0 aromatic heterocycles. The van der Waals surface area contributed by atoms with Crippen molar-refractivity contribution in [1.29, 1.82) is 0 Å². The predicted molar refractivity (Wildman–Crippen MR) is 73.4 cm³/mol. The highest BCUT2D eigenvalue weighted by molar-refractivity contribution is 5.87. The van der Waals surface area contributed by atoms with Gasteiger partial charge in [-0.15, -0.1) is 0 Å². The lowest BCUT2D eigenvalue weighted by molar-refractivity contribution is -0.139. The van der Waals surface area contributed by atoms with Gasteiger partial charge >= 0.3 is 0 Å². The molecule has 0 bridgehead atoms. The molecule has 2 amide bonds. The number of aliphatic hydroxyl groups excluding tert-OH is 1. The van der Waals surface area contributed by atoms with Crippen LogP contribution < -0.4 is 5.32 Å². The topological polar surface area (TPSA) is 69.6 Å². The summed E-state index contributed by atoms with van der Waals surface area (Å²) in [7, 11) is 0. The SMILES string of the molecule is CC1CCCN(C(=O)CNC(=O)C(C)(C)C)C1CO. The van der Waals surface area contributed by atoms with Crippen molar-refractivity contribution in [1.82, 2.24) is 10.2 Å². The molecule has 1 aliphatic heterocycles. The molecule has 0 radical (unpaired) electrons. The molecular formula is C14H26N2O3. The van der Waals surface area contributed by atoms with E-state index in [4.69, 9.17) is 0 Å². The van der Waals surface area contributed by atoms with Gasteiger partial charge in [0.2, 0.25) is 11.8 Å². The summed E-state index contributed by atoms with van der Waals surface area (Å²) in [5.74, 6) is 0.0654. The van der Waals surface area contributed by atoms with Gasteiger partial charge in [-0.2, -0.15) is 0 Å². The molecule has 5 heteroatoms. The zero-order valence-electron chi connectivity index (χ0n) is 12.4. The molecule has 1 fully saturated rings. The van der Waals surface area contributed by atoms with Crippen LogP contribution >= 0.6 is 0 Å². The van der Waals surface area contributed by atoms with Crippen LogP contribution in [0, 0.1) is 11.3 Å². The first kappa shape index (κ1) is 16.0. The summed E-state index contributed by atoms with van der Waals surface area (Å²) < 4.78 is 0. The van der Waals surface area contributed by atoms with E-state index in [2.05, 4.69) is 5.32 Å². The van der Waals surface area contributed by atoms with E-state index in [0.29, 0.717) is 12.5 Å². The second-order valence-electron chi connectivity index (χ2n) is 6.39. The summed E-state index contributed by atoms with van der Waals surface area (Å²) in [5.41, 5.74) is -0.494. The largest absolute Gasteiger partial charge is 0.394 e. The lowest BCUT2D eigenvalue weighted by atomic mass is 9.91. The van der Waals surface area contributed by atoms with Gasteiger partial charge < -0.3 is 15.3 Å². The highest BCUT2D eigenvalue weighted by Crippen LogP contribution is 2.22. The first-order valence-electron chi connectivity index (χ1n) is 6.96. The second kappa shape index (κ2) is 6.37. The number of nitrogens with one attached hydrogen (secondary N) is 1. The Morgan fingerprint density at radius 1 is 1.37 bits per heavy atom. The molecule has 1 saturated heterocycles. The van der Waals surface area contributed by atoms with Crippen molar-refractivity contribution in [3.05, 3.63) is 0 Å². The van der Waals surface area contributed by atoms with Gasteiger partial charge in [-0.05, 0) is 18.8 Å². The summed E-state index contributed by atoms with van der Waals surface area (Å²) in [6.45, 7) is 8.15. The van der Waals surface area contributed by atoms with Crippen molar-refractivity contribution < 1.29 is 14.7 Å². The van der Waals surface area contributed by atoms with Gasteiger partial charge in [0, 0.05) is 12.0 Å². The third-order valence-corrected chi connectivity index (χ3v) is 3.70. The molecule has 0 aromatic carbocycles. The number of carbonyl (C=O) groups excluding carboxylic acids is 2. The average molecular weight is 270 g/mol. The lowest BCUT2D eigenvalue weighted by Gasteiger charge is -2.39. The van der Waals surface area contributed by atoms with Crippen LogP contribution in [-0.4, -0.2) is 47.6 Å². The minimum atomic E-state index is -0.494. The highest BCUT2D eigenvalue weighted by Gasteiger charge is 2.31. The quantitative estimate of drug-likeness (QED) is 0.796. The van der Waals surface area contributed by atoms with Crippen LogP contribution in [0.25, 0.3) is 0 Å². The Bertz CT molecular complexity index is 336. The molecule has 0 spiro atoms. The van der Waals surface area contributed by atoms with E-state index in [0.717, 1.165) is 12.8 Å². The normalized spacial score (nSPS) is 24.2. The minimum absolute atomic E-state index is 0.0132. The number of carbonyl (C=O) groups is 2. The van der Waals surface area contributed by atoms with Crippen LogP contribution in [0.4, 0.5) is 0 Å². The van der Waals surface area contributed by atoms with Gasteiger partial charge in [0.15, 0.2) is 0 Å². The second-order valence-corrected chi connectivity index (χ2v) is 6.39. The third-order valence-electron chi connectivity index (χ3n) is 3.70. The Morgan fingerprint density at radius 3 is 2.53 bits per heavy atom. The number of piperidine rings is 1. The monoisotopic (exact) mass is 270 g/mol. The fourth-order valence-electron chi connectivity index (χ4n) is 2.36. The Hall–Kier alpha value is -1.10. The zero-order valence-corrected chi connectivity index (χ0v) is 12.4. The van der Waals surface area contributed by atoms with E-state index in [1.54, 1.807) is 4.90 Å². The molecule has 2 N–H and O–H groups in total. The standard InChI is InChI=1S/C14H26N2O3/c1-10-6-5-7-16(11(10)9-17)12(18)8-15-13(19)14(2,3)4/h10-11,17H,5-9H2,1-4H3,(H,15,19). The zero-order chi connectivity index (χ0) is 14.6. The van der Waals surface area contributed by atoms with E-state index in [1.807, 2.05) is 27.7 Å². The van der Waals surface area contributed by atoms with Gasteiger partial charge in [0.1, 0.15) is 0 Å². The smallest absolute Gasteiger partial charge is 0.242 e. The number of nitrogens with zero attached hydrogens (tertiary/aromatic N) is 1. The van der Waals surface area contributed by atoms with Crippen LogP contribution in [-0.2, 0) is 9.59 Å². The molecule has 1 rings (SSSR count). The molecule has 2 atom stereocenters. The summed E-state index contributed by atoms with van der Waals surface area (Å²) in [6.07, 6.45) is 1.99. The van der Waals surface area contributed by atoms with E-state index in [1.165, 1.54) is 0 Å².